The molecule has 0 bridgehead atoms. The Kier molecular flexibility index (Phi) is 5.99. The van der Waals surface area contributed by atoms with Crippen LogP contribution in [0.3, 0.4) is 0 Å². The molecule has 3 rings (SSSR count). The molecule has 2 aromatic carbocycles. The molecule has 1 atom stereocenters. The maximum atomic E-state index is 14.0. The lowest BCUT2D eigenvalue weighted by Gasteiger charge is -2.26. The molecule has 2 N–H and O–H groups in total. The van der Waals surface area contributed by atoms with Crippen molar-refractivity contribution in [3.63, 3.8) is 0 Å². The van der Waals surface area contributed by atoms with Crippen LogP contribution in [0.5, 0.6) is 0 Å². The van der Waals surface area contributed by atoms with Gasteiger partial charge in [-0.2, -0.15) is 0 Å². The highest BCUT2D eigenvalue weighted by molar-refractivity contribution is 5.74. The minimum Gasteiger partial charge on any atom is -0.371 e. The summed E-state index contributed by atoms with van der Waals surface area (Å²) in [6.07, 6.45) is 1.07. The van der Waals surface area contributed by atoms with E-state index in [2.05, 4.69) is 27.7 Å². The predicted octanol–water partition coefficient (Wildman–Crippen LogP) is 3.93. The summed E-state index contributed by atoms with van der Waals surface area (Å²) >= 11 is 0. The molecule has 5 heteroatoms. The number of hydrogen-bond acceptors (Lipinski definition) is 2. The maximum absolute atomic E-state index is 14.0. The van der Waals surface area contributed by atoms with Crippen LogP contribution >= 0.6 is 0 Å². The fraction of sp³-hybridized carbons (Fsp3) is 0.409. The molecule has 1 unspecified atom stereocenters. The van der Waals surface area contributed by atoms with Crippen LogP contribution < -0.4 is 15.5 Å². The first kappa shape index (κ1) is 19.2. The van der Waals surface area contributed by atoms with Crippen molar-refractivity contribution in [1.82, 2.24) is 10.6 Å². The number of urea groups is 1. The van der Waals surface area contributed by atoms with Crippen LogP contribution in [-0.2, 0) is 5.41 Å². The third kappa shape index (κ3) is 5.00. The lowest BCUT2D eigenvalue weighted by Crippen LogP contribution is -2.44. The molecule has 2 amide bonds. The standard InChI is InChI=1S/C22H28FN3O/c1-22(2,19-10-6-7-11-20(19)23)16-25-21(27)24-14-17-12-13-26(15-17)18-8-4-3-5-9-18/h3-11,17H,12-16H2,1-2H3,(H2,24,25,27). The first-order valence-electron chi connectivity index (χ1n) is 9.52. The Hall–Kier alpha value is -2.56. The van der Waals surface area contributed by atoms with Gasteiger partial charge in [-0.25, -0.2) is 9.18 Å². The highest BCUT2D eigenvalue weighted by Gasteiger charge is 2.26. The van der Waals surface area contributed by atoms with Gasteiger partial charge >= 0.3 is 6.03 Å². The highest BCUT2D eigenvalue weighted by atomic mass is 19.1. The number of rotatable bonds is 6. The van der Waals surface area contributed by atoms with Gasteiger partial charge < -0.3 is 15.5 Å². The summed E-state index contributed by atoms with van der Waals surface area (Å²) < 4.78 is 14.0. The number of amides is 2. The summed E-state index contributed by atoms with van der Waals surface area (Å²) in [5, 5.41) is 5.85. The average Bonchev–Trinajstić information content (AvgIpc) is 3.15. The second-order valence-electron chi connectivity index (χ2n) is 7.86. The van der Waals surface area contributed by atoms with E-state index in [9.17, 15) is 9.18 Å². The monoisotopic (exact) mass is 369 g/mol. The van der Waals surface area contributed by atoms with Crippen LogP contribution in [0, 0.1) is 11.7 Å². The first-order valence-corrected chi connectivity index (χ1v) is 9.52. The van der Waals surface area contributed by atoms with Crippen LogP contribution in [0.2, 0.25) is 0 Å². The lowest BCUT2D eigenvalue weighted by atomic mass is 9.84. The van der Waals surface area contributed by atoms with Crippen molar-refractivity contribution in [3.8, 4) is 0 Å². The summed E-state index contributed by atoms with van der Waals surface area (Å²) in [4.78, 5) is 14.5. The zero-order valence-electron chi connectivity index (χ0n) is 16.0. The number of para-hydroxylation sites is 1. The second-order valence-corrected chi connectivity index (χ2v) is 7.86. The molecule has 4 nitrogen and oxygen atoms in total. The number of halogens is 1. The van der Waals surface area contributed by atoms with Gasteiger partial charge in [0.05, 0.1) is 0 Å². The number of carbonyl (C=O) groups is 1. The second kappa shape index (κ2) is 8.42. The Bertz CT molecular complexity index is 763. The van der Waals surface area contributed by atoms with Crippen molar-refractivity contribution >= 4 is 11.7 Å². The Balaban J connectivity index is 1.43. The van der Waals surface area contributed by atoms with E-state index in [0.717, 1.165) is 19.5 Å². The highest BCUT2D eigenvalue weighted by Crippen LogP contribution is 2.25. The first-order chi connectivity index (χ1) is 13.0. The fourth-order valence-electron chi connectivity index (χ4n) is 3.58. The molecular weight excluding hydrogens is 341 g/mol. The van der Waals surface area contributed by atoms with Crippen molar-refractivity contribution < 1.29 is 9.18 Å². The fourth-order valence-corrected chi connectivity index (χ4v) is 3.58. The summed E-state index contributed by atoms with van der Waals surface area (Å²) in [6, 6.07) is 16.9. The number of carbonyl (C=O) groups excluding carboxylic acids is 1. The summed E-state index contributed by atoms with van der Waals surface area (Å²) in [5.41, 5.74) is 1.37. The molecule has 0 spiro atoms. The van der Waals surface area contributed by atoms with Crippen molar-refractivity contribution in [3.05, 3.63) is 66.0 Å². The van der Waals surface area contributed by atoms with Gasteiger partial charge in [0, 0.05) is 37.3 Å². The molecule has 1 saturated heterocycles. The molecule has 1 fully saturated rings. The average molecular weight is 369 g/mol. The Morgan fingerprint density at radius 3 is 2.56 bits per heavy atom. The van der Waals surface area contributed by atoms with Crippen LogP contribution in [0.4, 0.5) is 14.9 Å². The zero-order chi connectivity index (χ0) is 19.3. The molecule has 1 aliphatic rings. The zero-order valence-corrected chi connectivity index (χ0v) is 16.0. The lowest BCUT2D eigenvalue weighted by molar-refractivity contribution is 0.236. The molecule has 0 radical (unpaired) electrons. The van der Waals surface area contributed by atoms with E-state index in [0.29, 0.717) is 24.6 Å². The van der Waals surface area contributed by atoms with Gasteiger partial charge in [-0.3, -0.25) is 0 Å². The van der Waals surface area contributed by atoms with E-state index in [1.54, 1.807) is 12.1 Å². The minimum atomic E-state index is -0.472. The van der Waals surface area contributed by atoms with E-state index < -0.39 is 5.41 Å². The number of nitrogens with one attached hydrogen (secondary N) is 2. The van der Waals surface area contributed by atoms with E-state index >= 15 is 0 Å². The maximum Gasteiger partial charge on any atom is 0.314 e. The summed E-state index contributed by atoms with van der Waals surface area (Å²) in [6.45, 7) is 6.85. The molecule has 0 aromatic heterocycles. The van der Waals surface area contributed by atoms with Crippen LogP contribution in [0.1, 0.15) is 25.8 Å². The number of anilines is 1. The quantitative estimate of drug-likeness (QED) is 0.810. The van der Waals surface area contributed by atoms with Crippen LogP contribution in [0.15, 0.2) is 54.6 Å². The van der Waals surface area contributed by atoms with Gasteiger partial charge in [-0.15, -0.1) is 0 Å². The third-order valence-corrected chi connectivity index (χ3v) is 5.25. The van der Waals surface area contributed by atoms with Gasteiger partial charge in [-0.1, -0.05) is 50.2 Å². The molecule has 1 heterocycles. The summed E-state index contributed by atoms with van der Waals surface area (Å²) in [5.74, 6) is 0.201. The number of benzene rings is 2. The van der Waals surface area contributed by atoms with E-state index in [-0.39, 0.29) is 11.8 Å². The summed E-state index contributed by atoms with van der Waals surface area (Å²) in [7, 11) is 0. The van der Waals surface area contributed by atoms with E-state index in [1.165, 1.54) is 11.8 Å². The predicted molar refractivity (Wildman–Crippen MR) is 108 cm³/mol. The smallest absolute Gasteiger partial charge is 0.314 e. The molecule has 144 valence electrons. The van der Waals surface area contributed by atoms with Gasteiger partial charge in [0.1, 0.15) is 5.82 Å². The van der Waals surface area contributed by atoms with Gasteiger partial charge in [0.15, 0.2) is 0 Å². The van der Waals surface area contributed by atoms with E-state index in [1.807, 2.05) is 38.1 Å². The molecule has 2 aromatic rings. The Labute approximate surface area is 160 Å². The van der Waals surface area contributed by atoms with Gasteiger partial charge in [0.25, 0.3) is 0 Å². The van der Waals surface area contributed by atoms with Crippen molar-refractivity contribution in [2.75, 3.05) is 31.1 Å². The normalized spacial score (nSPS) is 17.0. The van der Waals surface area contributed by atoms with Crippen LogP contribution in [-0.4, -0.2) is 32.2 Å². The number of hydrogen-bond donors (Lipinski definition) is 2. The molecule has 1 aliphatic heterocycles. The van der Waals surface area contributed by atoms with E-state index in [4.69, 9.17) is 0 Å². The van der Waals surface area contributed by atoms with Crippen molar-refractivity contribution in [1.29, 1.82) is 0 Å². The van der Waals surface area contributed by atoms with Crippen molar-refractivity contribution in [2.45, 2.75) is 25.7 Å². The molecule has 27 heavy (non-hydrogen) atoms. The molecule has 0 saturated carbocycles. The Morgan fingerprint density at radius 2 is 1.81 bits per heavy atom. The molecular formula is C22H28FN3O. The topological polar surface area (TPSA) is 44.4 Å². The minimum absolute atomic E-state index is 0.197. The molecule has 0 aliphatic carbocycles. The third-order valence-electron chi connectivity index (χ3n) is 5.25. The van der Waals surface area contributed by atoms with Gasteiger partial charge in [0.2, 0.25) is 0 Å². The van der Waals surface area contributed by atoms with Crippen LogP contribution in [0.25, 0.3) is 0 Å². The SMILES string of the molecule is CC(C)(CNC(=O)NCC1CCN(c2ccccc2)C1)c1ccccc1F. The van der Waals surface area contributed by atoms with Crippen molar-refractivity contribution in [2.24, 2.45) is 5.92 Å². The Morgan fingerprint density at radius 1 is 1.11 bits per heavy atom. The van der Waals surface area contributed by atoms with Gasteiger partial charge in [-0.05, 0) is 36.1 Å². The number of nitrogens with zero attached hydrogens (tertiary/aromatic N) is 1. The largest absolute Gasteiger partial charge is 0.371 e.